The summed E-state index contributed by atoms with van der Waals surface area (Å²) < 4.78 is 0. The van der Waals surface area contributed by atoms with Crippen LogP contribution in [0.25, 0.3) is 0 Å². The maximum absolute atomic E-state index is 3.53. The molecule has 0 atom stereocenters. The zero-order valence-electron chi connectivity index (χ0n) is 15.0. The number of rotatable bonds is 2. The molecule has 1 aromatic carbocycles. The molecule has 0 nitrogen and oxygen atoms in total. The minimum atomic E-state index is -1.73. The number of benzene rings is 1. The van der Waals surface area contributed by atoms with E-state index >= 15 is 0 Å². The highest BCUT2D eigenvalue weighted by atomic mass is 28.3. The Kier molecular flexibility index (Phi) is 5.28. The van der Waals surface area contributed by atoms with Crippen molar-refractivity contribution in [2.24, 2.45) is 10.8 Å². The Bertz CT molecular complexity index is 552. The summed E-state index contributed by atoms with van der Waals surface area (Å²) in [5, 5.41) is 2.79. The van der Waals surface area contributed by atoms with Crippen molar-refractivity contribution in [3.63, 3.8) is 0 Å². The molecule has 1 heteroatoms. The van der Waals surface area contributed by atoms with Gasteiger partial charge in [0.25, 0.3) is 0 Å². The third kappa shape index (κ3) is 5.94. The predicted octanol–water partition coefficient (Wildman–Crippen LogP) is 5.16. The van der Waals surface area contributed by atoms with E-state index in [0.29, 0.717) is 0 Å². The van der Waals surface area contributed by atoms with Crippen LogP contribution in [0.3, 0.4) is 0 Å². The van der Waals surface area contributed by atoms with Gasteiger partial charge in [-0.2, -0.15) is 0 Å². The molecule has 0 bridgehead atoms. The smallest absolute Gasteiger partial charge is 0.0927 e. The average molecular weight is 299 g/mol. The van der Waals surface area contributed by atoms with Crippen LogP contribution in [0.4, 0.5) is 0 Å². The molecule has 21 heavy (non-hydrogen) atoms. The van der Waals surface area contributed by atoms with Crippen molar-refractivity contribution in [3.8, 4) is 11.8 Å². The van der Waals surface area contributed by atoms with Gasteiger partial charge in [-0.1, -0.05) is 87.3 Å². The quantitative estimate of drug-likeness (QED) is 0.522. The van der Waals surface area contributed by atoms with E-state index in [2.05, 4.69) is 103 Å². The fourth-order valence-electron chi connectivity index (χ4n) is 2.07. The third-order valence-corrected chi connectivity index (χ3v) is 6.71. The molecule has 0 saturated carbocycles. The largest absolute Gasteiger partial charge is 0.122 e. The van der Waals surface area contributed by atoms with Crippen molar-refractivity contribution in [1.82, 2.24) is 0 Å². The minimum absolute atomic E-state index is 0.0398. The zero-order valence-corrected chi connectivity index (χ0v) is 16.0. The SMILES string of the molecule is CC(C)(C)C#C/C(=C\C(C)(C)C)[Si](C)(C)c1ccccc1. The standard InChI is InChI=1S/C20H30Si/c1-19(2,3)15-14-18(16-20(4,5)6)21(7,8)17-12-10-9-11-13-17/h9-13,16H,1-8H3/b18-16+. The Morgan fingerprint density at radius 3 is 1.90 bits per heavy atom. The van der Waals surface area contributed by atoms with E-state index in [-0.39, 0.29) is 10.8 Å². The lowest BCUT2D eigenvalue weighted by molar-refractivity contribution is 0.543. The van der Waals surface area contributed by atoms with Gasteiger partial charge in [-0.15, -0.1) is 0 Å². The first-order valence-corrected chi connectivity index (χ1v) is 10.7. The van der Waals surface area contributed by atoms with E-state index in [4.69, 9.17) is 0 Å². The van der Waals surface area contributed by atoms with E-state index < -0.39 is 8.07 Å². The molecule has 0 aliphatic rings. The van der Waals surface area contributed by atoms with E-state index in [9.17, 15) is 0 Å². The molecule has 0 aliphatic carbocycles. The molecule has 0 aliphatic heterocycles. The lowest BCUT2D eigenvalue weighted by Gasteiger charge is -2.26. The Morgan fingerprint density at radius 2 is 1.48 bits per heavy atom. The van der Waals surface area contributed by atoms with E-state index in [1.807, 2.05) is 0 Å². The molecular weight excluding hydrogens is 268 g/mol. The van der Waals surface area contributed by atoms with Crippen molar-refractivity contribution < 1.29 is 0 Å². The highest BCUT2D eigenvalue weighted by Crippen LogP contribution is 2.24. The predicted molar refractivity (Wildman–Crippen MR) is 98.3 cm³/mol. The van der Waals surface area contributed by atoms with Crippen molar-refractivity contribution in [3.05, 3.63) is 41.6 Å². The van der Waals surface area contributed by atoms with Crippen LogP contribution in [0.1, 0.15) is 41.5 Å². The number of hydrogen-bond acceptors (Lipinski definition) is 0. The van der Waals surface area contributed by atoms with Gasteiger partial charge in [0.2, 0.25) is 0 Å². The first-order chi connectivity index (χ1) is 9.42. The number of allylic oxidation sites excluding steroid dienone is 2. The molecule has 0 saturated heterocycles. The van der Waals surface area contributed by atoms with Crippen LogP contribution in [-0.2, 0) is 0 Å². The fraction of sp³-hybridized carbons (Fsp3) is 0.500. The average Bonchev–Trinajstić information content (AvgIpc) is 2.33. The van der Waals surface area contributed by atoms with Gasteiger partial charge >= 0.3 is 0 Å². The lowest BCUT2D eigenvalue weighted by atomic mass is 9.95. The molecule has 0 aromatic heterocycles. The first kappa shape index (κ1) is 17.8. The van der Waals surface area contributed by atoms with Crippen LogP contribution in [0.2, 0.25) is 13.1 Å². The van der Waals surface area contributed by atoms with Crippen LogP contribution in [0.15, 0.2) is 41.6 Å². The molecule has 0 unspecified atom stereocenters. The maximum Gasteiger partial charge on any atom is 0.122 e. The Morgan fingerprint density at radius 1 is 0.952 bits per heavy atom. The molecule has 1 aromatic rings. The highest BCUT2D eigenvalue weighted by Gasteiger charge is 2.29. The van der Waals surface area contributed by atoms with Gasteiger partial charge in [0.1, 0.15) is 8.07 Å². The molecular formula is C20H30Si. The summed E-state index contributed by atoms with van der Waals surface area (Å²) in [6, 6.07) is 10.9. The second-order valence-corrected chi connectivity index (χ2v) is 12.8. The van der Waals surface area contributed by atoms with Gasteiger partial charge in [0.05, 0.1) is 0 Å². The normalized spacial score (nSPS) is 13.6. The van der Waals surface area contributed by atoms with Crippen molar-refractivity contribution >= 4 is 13.3 Å². The third-order valence-electron chi connectivity index (χ3n) is 3.32. The molecule has 0 fully saturated rings. The van der Waals surface area contributed by atoms with Gasteiger partial charge in [0, 0.05) is 5.41 Å². The van der Waals surface area contributed by atoms with Crippen LogP contribution in [0, 0.1) is 22.7 Å². The Balaban J connectivity index is 3.37. The van der Waals surface area contributed by atoms with Crippen LogP contribution < -0.4 is 5.19 Å². The van der Waals surface area contributed by atoms with Crippen LogP contribution in [-0.4, -0.2) is 8.07 Å². The first-order valence-electron chi connectivity index (χ1n) is 7.74. The van der Waals surface area contributed by atoms with E-state index in [1.54, 1.807) is 0 Å². The molecule has 0 radical (unpaired) electrons. The van der Waals surface area contributed by atoms with Crippen LogP contribution in [0.5, 0.6) is 0 Å². The molecule has 1 rings (SSSR count). The molecule has 0 spiro atoms. The summed E-state index contributed by atoms with van der Waals surface area (Å²) in [7, 11) is -1.73. The zero-order chi connectivity index (χ0) is 16.3. The topological polar surface area (TPSA) is 0 Å². The maximum atomic E-state index is 3.53. The van der Waals surface area contributed by atoms with Gasteiger partial charge in [-0.05, 0) is 31.4 Å². The second kappa shape index (κ2) is 6.24. The monoisotopic (exact) mass is 298 g/mol. The second-order valence-electron chi connectivity index (χ2n) is 8.42. The lowest BCUT2D eigenvalue weighted by Crippen LogP contribution is -2.44. The summed E-state index contributed by atoms with van der Waals surface area (Å²) in [5.74, 6) is 6.96. The molecule has 0 heterocycles. The summed E-state index contributed by atoms with van der Waals surface area (Å²) >= 11 is 0. The Labute approximate surface area is 132 Å². The molecule has 0 amide bonds. The van der Waals surface area contributed by atoms with Crippen molar-refractivity contribution in [1.29, 1.82) is 0 Å². The summed E-state index contributed by atoms with van der Waals surface area (Å²) in [5.41, 5.74) is 0.194. The molecule has 0 N–H and O–H groups in total. The van der Waals surface area contributed by atoms with Gasteiger partial charge < -0.3 is 0 Å². The Hall–Kier alpha value is -1.26. The van der Waals surface area contributed by atoms with Crippen molar-refractivity contribution in [2.45, 2.75) is 54.6 Å². The van der Waals surface area contributed by atoms with Crippen molar-refractivity contribution in [2.75, 3.05) is 0 Å². The van der Waals surface area contributed by atoms with E-state index in [0.717, 1.165) is 0 Å². The van der Waals surface area contributed by atoms with Gasteiger partial charge in [-0.25, -0.2) is 0 Å². The van der Waals surface area contributed by atoms with Gasteiger partial charge in [-0.3, -0.25) is 0 Å². The minimum Gasteiger partial charge on any atom is -0.0927 e. The number of hydrogen-bond donors (Lipinski definition) is 0. The highest BCUT2D eigenvalue weighted by molar-refractivity contribution is 6.96. The van der Waals surface area contributed by atoms with Gasteiger partial charge in [0.15, 0.2) is 0 Å². The molecule has 114 valence electrons. The fourth-order valence-corrected chi connectivity index (χ4v) is 4.58. The van der Waals surface area contributed by atoms with Crippen LogP contribution >= 0.6 is 0 Å². The van der Waals surface area contributed by atoms with E-state index in [1.165, 1.54) is 10.4 Å². The summed E-state index contributed by atoms with van der Waals surface area (Å²) in [6.45, 7) is 18.1. The summed E-state index contributed by atoms with van der Waals surface area (Å²) in [6.07, 6.45) is 2.38. The summed E-state index contributed by atoms with van der Waals surface area (Å²) in [4.78, 5) is 0.